The molecule has 0 aliphatic rings. The Hall–Kier alpha value is -1.10. The Morgan fingerprint density at radius 1 is 1.62 bits per heavy atom. The van der Waals surface area contributed by atoms with Crippen LogP contribution in [0.3, 0.4) is 0 Å². The number of nitrogens with zero attached hydrogens (tertiary/aromatic N) is 1. The Balaban J connectivity index is 3.30. The van der Waals surface area contributed by atoms with Gasteiger partial charge in [-0.3, -0.25) is 0 Å². The van der Waals surface area contributed by atoms with Crippen molar-refractivity contribution in [3.05, 3.63) is 18.5 Å². The summed E-state index contributed by atoms with van der Waals surface area (Å²) < 4.78 is 31.9. The number of pyridine rings is 1. The number of thioether (sulfide) groups is 1. The monoisotopic (exact) mass is 216 g/mol. The minimum atomic E-state index is -4.51. The van der Waals surface area contributed by atoms with Gasteiger partial charge in [0.05, 0.1) is 4.90 Å². The Labute approximate surface area is 79.2 Å². The van der Waals surface area contributed by atoms with Gasteiger partial charge in [-0.15, -0.1) is 0 Å². The molecule has 1 rings (SSSR count). The van der Waals surface area contributed by atoms with Crippen LogP contribution in [0.15, 0.2) is 28.3 Å². The lowest BCUT2D eigenvalue weighted by Crippen LogP contribution is -2.08. The van der Waals surface area contributed by atoms with Gasteiger partial charge in [0.15, 0.2) is 12.4 Å². The molecule has 7 heteroatoms. The first kappa shape index (κ1) is 9.98. The van der Waals surface area contributed by atoms with Crippen LogP contribution in [0.1, 0.15) is 0 Å². The number of H-pyrrole nitrogens is 1. The lowest BCUT2D eigenvalue weighted by atomic mass is 10.5. The van der Waals surface area contributed by atoms with Crippen LogP contribution in [-0.4, -0.2) is 13.0 Å². The van der Waals surface area contributed by atoms with Crippen molar-refractivity contribution in [3.63, 3.8) is 0 Å². The highest BCUT2D eigenvalue weighted by Gasteiger charge is 2.11. The number of rotatable bonds is 2. The van der Waals surface area contributed by atoms with Crippen molar-refractivity contribution in [1.82, 2.24) is 0 Å². The van der Waals surface area contributed by atoms with E-state index in [-0.39, 0.29) is 4.90 Å². The average molecular weight is 216 g/mol. The average Bonchev–Trinajstić information content (AvgIpc) is 2.04. The fourth-order valence-electron chi connectivity index (χ4n) is 0.730. The summed E-state index contributed by atoms with van der Waals surface area (Å²) in [6, 6.07) is 1.36. The molecule has 1 N–H and O–H groups in total. The van der Waals surface area contributed by atoms with E-state index in [9.17, 15) is 13.0 Å². The van der Waals surface area contributed by atoms with Crippen LogP contribution in [0.4, 0.5) is 0 Å². The first-order valence-corrected chi connectivity index (χ1v) is 5.30. The molecule has 0 radical (unpaired) electrons. The maximum atomic E-state index is 10.6. The summed E-state index contributed by atoms with van der Waals surface area (Å²) >= 11 is 0.635. The second-order valence-corrected chi connectivity index (χ2v) is 4.19. The fraction of sp³-hybridized carbons (Fsp3) is 0. The van der Waals surface area contributed by atoms with E-state index in [0.717, 1.165) is 6.20 Å². The van der Waals surface area contributed by atoms with Crippen molar-refractivity contribution in [2.75, 3.05) is 0 Å². The van der Waals surface area contributed by atoms with Crippen LogP contribution in [0.5, 0.6) is 0 Å². The largest absolute Gasteiger partial charge is 0.744 e. The molecular formula is C6H4N2O3S2. The summed E-state index contributed by atoms with van der Waals surface area (Å²) in [6.07, 6.45) is 2.50. The molecule has 1 aromatic heterocycles. The van der Waals surface area contributed by atoms with Gasteiger partial charge in [-0.1, -0.05) is 0 Å². The van der Waals surface area contributed by atoms with Crippen LogP contribution in [0, 0.1) is 10.7 Å². The van der Waals surface area contributed by atoms with Crippen LogP contribution >= 0.6 is 11.8 Å². The smallest absolute Gasteiger partial charge is 0.185 e. The van der Waals surface area contributed by atoms with Crippen molar-refractivity contribution in [2.45, 2.75) is 9.79 Å². The normalized spacial score (nSPS) is 10.8. The molecule has 13 heavy (non-hydrogen) atoms. The minimum Gasteiger partial charge on any atom is -0.744 e. The zero-order valence-electron chi connectivity index (χ0n) is 6.22. The van der Waals surface area contributed by atoms with E-state index in [1.807, 2.05) is 0 Å². The quantitative estimate of drug-likeness (QED) is 0.393. The summed E-state index contributed by atoms with van der Waals surface area (Å²) in [5.41, 5.74) is 0. The highest BCUT2D eigenvalue weighted by Crippen LogP contribution is 2.23. The Morgan fingerprint density at radius 2 is 2.31 bits per heavy atom. The molecule has 0 aliphatic heterocycles. The molecule has 0 aliphatic carbocycles. The molecule has 0 bridgehead atoms. The molecule has 1 heterocycles. The molecule has 5 nitrogen and oxygen atoms in total. The Morgan fingerprint density at radius 3 is 2.85 bits per heavy atom. The van der Waals surface area contributed by atoms with E-state index in [2.05, 4.69) is 4.98 Å². The third-order valence-electron chi connectivity index (χ3n) is 1.21. The van der Waals surface area contributed by atoms with Gasteiger partial charge >= 0.3 is 0 Å². The molecule has 68 valence electrons. The molecule has 0 atom stereocenters. The van der Waals surface area contributed by atoms with Gasteiger partial charge in [-0.2, -0.15) is 5.26 Å². The number of hydrogen-bond acceptors (Lipinski definition) is 5. The first-order valence-electron chi connectivity index (χ1n) is 3.07. The van der Waals surface area contributed by atoms with Crippen LogP contribution < -0.4 is 4.98 Å². The summed E-state index contributed by atoms with van der Waals surface area (Å²) in [5.74, 6) is 0. The zero-order valence-corrected chi connectivity index (χ0v) is 7.85. The van der Waals surface area contributed by atoms with E-state index in [4.69, 9.17) is 5.26 Å². The zero-order chi connectivity index (χ0) is 9.90. The SMILES string of the molecule is N#CSc1cc[nH+]cc1S(=O)(=O)[O-]. The maximum Gasteiger partial charge on any atom is 0.185 e. The minimum absolute atomic E-state index is 0.135. The molecule has 0 aromatic carbocycles. The van der Waals surface area contributed by atoms with Gasteiger partial charge in [0.1, 0.15) is 20.4 Å². The fourth-order valence-corrected chi connectivity index (χ4v) is 2.08. The van der Waals surface area contributed by atoms with Crippen molar-refractivity contribution < 1.29 is 18.0 Å². The number of nitrogens with one attached hydrogen (secondary N) is 1. The van der Waals surface area contributed by atoms with Crippen LogP contribution in [0.2, 0.25) is 0 Å². The summed E-state index contributed by atoms with van der Waals surface area (Å²) in [7, 11) is -4.51. The lowest BCUT2D eigenvalue weighted by Gasteiger charge is -2.05. The highest BCUT2D eigenvalue weighted by atomic mass is 32.2. The molecular weight excluding hydrogens is 212 g/mol. The molecule has 1 aromatic rings. The van der Waals surface area contributed by atoms with Crippen LogP contribution in [0.25, 0.3) is 0 Å². The third-order valence-corrected chi connectivity index (χ3v) is 2.89. The Bertz CT molecular complexity index is 449. The van der Waals surface area contributed by atoms with Gasteiger partial charge in [-0.25, -0.2) is 13.4 Å². The molecule has 0 saturated heterocycles. The molecule has 0 amide bonds. The standard InChI is InChI=1S/C6H4N2O3S2/c7-4-12-5-1-2-8-3-6(5)13(9,10)11/h1-3H,(H,9,10,11). The van der Waals surface area contributed by atoms with Gasteiger partial charge < -0.3 is 4.55 Å². The second kappa shape index (κ2) is 3.74. The van der Waals surface area contributed by atoms with Gasteiger partial charge in [0, 0.05) is 6.07 Å². The number of thiocyanates is 1. The molecule has 0 spiro atoms. The molecule has 0 fully saturated rings. The van der Waals surface area contributed by atoms with Crippen molar-refractivity contribution in [3.8, 4) is 5.40 Å². The van der Waals surface area contributed by atoms with Crippen molar-refractivity contribution in [1.29, 1.82) is 5.26 Å². The van der Waals surface area contributed by atoms with E-state index in [1.54, 1.807) is 5.40 Å². The number of nitriles is 1. The van der Waals surface area contributed by atoms with Crippen LogP contribution in [-0.2, 0) is 10.1 Å². The van der Waals surface area contributed by atoms with E-state index >= 15 is 0 Å². The van der Waals surface area contributed by atoms with E-state index in [0.29, 0.717) is 11.8 Å². The highest BCUT2D eigenvalue weighted by molar-refractivity contribution is 8.04. The number of aromatic amines is 1. The van der Waals surface area contributed by atoms with E-state index in [1.165, 1.54) is 12.3 Å². The first-order chi connectivity index (χ1) is 6.05. The summed E-state index contributed by atoms with van der Waals surface area (Å²) in [5, 5.41) is 10.0. The molecule has 0 saturated carbocycles. The topological polar surface area (TPSA) is 95.1 Å². The van der Waals surface area contributed by atoms with E-state index < -0.39 is 15.0 Å². The lowest BCUT2D eigenvalue weighted by molar-refractivity contribution is -0.381. The maximum absolute atomic E-state index is 10.6. The van der Waals surface area contributed by atoms with Gasteiger partial charge in [-0.05, 0) is 11.8 Å². The second-order valence-electron chi connectivity index (χ2n) is 2.02. The third kappa shape index (κ3) is 2.42. The summed E-state index contributed by atoms with van der Waals surface area (Å²) in [4.78, 5) is 2.20. The number of hydrogen-bond donors (Lipinski definition) is 0. The van der Waals surface area contributed by atoms with Gasteiger partial charge in [0.2, 0.25) is 0 Å². The number of aromatic nitrogens is 1. The van der Waals surface area contributed by atoms with Crippen molar-refractivity contribution >= 4 is 21.9 Å². The predicted octanol–water partition coefficient (Wildman–Crippen LogP) is -0.0220. The van der Waals surface area contributed by atoms with Crippen molar-refractivity contribution in [2.24, 2.45) is 0 Å². The van der Waals surface area contributed by atoms with Gasteiger partial charge in [0.25, 0.3) is 0 Å². The summed E-state index contributed by atoms with van der Waals surface area (Å²) in [6.45, 7) is 0. The molecule has 0 unspecified atom stereocenters. The Kier molecular flexibility index (Phi) is 2.87. The predicted molar refractivity (Wildman–Crippen MR) is 42.4 cm³/mol.